The molecule has 0 radical (unpaired) electrons. The summed E-state index contributed by atoms with van der Waals surface area (Å²) < 4.78 is 25.9. The van der Waals surface area contributed by atoms with Gasteiger partial charge >= 0.3 is 0 Å². The van der Waals surface area contributed by atoms with Gasteiger partial charge in [0.05, 0.1) is 16.1 Å². The number of halogens is 2. The van der Waals surface area contributed by atoms with Gasteiger partial charge in [-0.2, -0.15) is 0 Å². The average Bonchev–Trinajstić information content (AvgIpc) is 2.71. The van der Waals surface area contributed by atoms with Crippen LogP contribution in [0.1, 0.15) is 5.69 Å². The molecule has 0 atom stereocenters. The molecule has 0 aliphatic heterocycles. The smallest absolute Gasteiger partial charge is 0.159 e. The van der Waals surface area contributed by atoms with Crippen molar-refractivity contribution in [3.8, 4) is 10.4 Å². The van der Waals surface area contributed by atoms with Crippen LogP contribution in [-0.4, -0.2) is 11.5 Å². The summed E-state index contributed by atoms with van der Waals surface area (Å²) in [6.07, 6.45) is 0.637. The van der Waals surface area contributed by atoms with Gasteiger partial charge in [0, 0.05) is 6.42 Å². The minimum Gasteiger partial charge on any atom is -0.330 e. The Morgan fingerprint density at radius 2 is 2.06 bits per heavy atom. The lowest BCUT2D eigenvalue weighted by molar-refractivity contribution is 0.509. The van der Waals surface area contributed by atoms with E-state index in [0.29, 0.717) is 18.5 Å². The van der Waals surface area contributed by atoms with Gasteiger partial charge in [0.2, 0.25) is 0 Å². The zero-order valence-electron chi connectivity index (χ0n) is 8.41. The predicted molar refractivity (Wildman–Crippen MR) is 60.2 cm³/mol. The summed E-state index contributed by atoms with van der Waals surface area (Å²) in [7, 11) is 0. The van der Waals surface area contributed by atoms with E-state index >= 15 is 0 Å². The van der Waals surface area contributed by atoms with Crippen molar-refractivity contribution in [2.45, 2.75) is 6.42 Å². The standard InChI is InChI=1S/C11H10F2N2S/c12-8-2-1-7(5-9(8)13)11-10(3-4-14)15-6-16-11/h1-2,5-6H,3-4,14H2. The number of nitrogens with zero attached hydrogens (tertiary/aromatic N) is 1. The molecular formula is C11H10F2N2S. The van der Waals surface area contributed by atoms with Gasteiger partial charge in [0.25, 0.3) is 0 Å². The lowest BCUT2D eigenvalue weighted by Crippen LogP contribution is -2.03. The maximum atomic E-state index is 13.1. The number of benzene rings is 1. The number of thiazole rings is 1. The molecule has 0 aliphatic rings. The molecule has 2 nitrogen and oxygen atoms in total. The van der Waals surface area contributed by atoms with Crippen molar-refractivity contribution in [2.24, 2.45) is 5.73 Å². The highest BCUT2D eigenvalue weighted by Crippen LogP contribution is 2.28. The van der Waals surface area contributed by atoms with Crippen molar-refractivity contribution in [2.75, 3.05) is 6.54 Å². The summed E-state index contributed by atoms with van der Waals surface area (Å²) in [6.45, 7) is 0.487. The van der Waals surface area contributed by atoms with Crippen LogP contribution >= 0.6 is 11.3 Å². The van der Waals surface area contributed by atoms with Gasteiger partial charge in [-0.1, -0.05) is 6.07 Å². The van der Waals surface area contributed by atoms with Gasteiger partial charge in [-0.25, -0.2) is 13.8 Å². The van der Waals surface area contributed by atoms with Crippen LogP contribution in [0.3, 0.4) is 0 Å². The minimum atomic E-state index is -0.843. The maximum absolute atomic E-state index is 13.1. The van der Waals surface area contributed by atoms with Crippen molar-refractivity contribution in [3.63, 3.8) is 0 Å². The molecule has 0 spiro atoms. The third-order valence-electron chi connectivity index (χ3n) is 2.20. The Bertz CT molecular complexity index is 496. The van der Waals surface area contributed by atoms with Crippen LogP contribution in [0.2, 0.25) is 0 Å². The zero-order valence-corrected chi connectivity index (χ0v) is 9.23. The molecule has 1 heterocycles. The first-order valence-corrected chi connectivity index (χ1v) is 5.68. The Hall–Kier alpha value is -1.33. The maximum Gasteiger partial charge on any atom is 0.159 e. The van der Waals surface area contributed by atoms with E-state index < -0.39 is 11.6 Å². The zero-order chi connectivity index (χ0) is 11.5. The lowest BCUT2D eigenvalue weighted by atomic mass is 10.1. The van der Waals surface area contributed by atoms with E-state index in [1.165, 1.54) is 17.4 Å². The van der Waals surface area contributed by atoms with Crippen molar-refractivity contribution < 1.29 is 8.78 Å². The fraction of sp³-hybridized carbons (Fsp3) is 0.182. The van der Waals surface area contributed by atoms with Gasteiger partial charge in [0.15, 0.2) is 11.6 Å². The average molecular weight is 240 g/mol. The van der Waals surface area contributed by atoms with Crippen LogP contribution in [0.25, 0.3) is 10.4 Å². The van der Waals surface area contributed by atoms with Crippen LogP contribution in [0.15, 0.2) is 23.7 Å². The first-order valence-electron chi connectivity index (χ1n) is 4.80. The van der Waals surface area contributed by atoms with Gasteiger partial charge < -0.3 is 5.73 Å². The number of hydrogen-bond donors (Lipinski definition) is 1. The van der Waals surface area contributed by atoms with Crippen molar-refractivity contribution in [3.05, 3.63) is 41.0 Å². The molecular weight excluding hydrogens is 230 g/mol. The van der Waals surface area contributed by atoms with E-state index in [9.17, 15) is 8.78 Å². The Balaban J connectivity index is 2.42. The first-order chi connectivity index (χ1) is 7.72. The molecule has 2 aromatic rings. The van der Waals surface area contributed by atoms with E-state index in [0.717, 1.165) is 16.6 Å². The molecule has 2 N–H and O–H groups in total. The molecule has 0 aliphatic carbocycles. The second-order valence-corrected chi connectivity index (χ2v) is 4.15. The van der Waals surface area contributed by atoms with Crippen molar-refractivity contribution in [1.82, 2.24) is 4.98 Å². The Labute approximate surface area is 95.7 Å². The van der Waals surface area contributed by atoms with Gasteiger partial charge in [-0.05, 0) is 24.2 Å². The quantitative estimate of drug-likeness (QED) is 0.895. The number of nitrogens with two attached hydrogens (primary N) is 1. The molecule has 16 heavy (non-hydrogen) atoms. The fourth-order valence-corrected chi connectivity index (χ4v) is 2.30. The van der Waals surface area contributed by atoms with E-state index in [2.05, 4.69) is 4.98 Å². The lowest BCUT2D eigenvalue weighted by Gasteiger charge is -2.02. The molecule has 0 amide bonds. The summed E-state index contributed by atoms with van der Waals surface area (Å²) in [6, 6.07) is 3.85. The molecule has 0 unspecified atom stereocenters. The van der Waals surface area contributed by atoms with Crippen molar-refractivity contribution in [1.29, 1.82) is 0 Å². The topological polar surface area (TPSA) is 38.9 Å². The normalized spacial score (nSPS) is 10.7. The van der Waals surface area contributed by atoms with Crippen LogP contribution in [-0.2, 0) is 6.42 Å². The Kier molecular flexibility index (Phi) is 3.26. The van der Waals surface area contributed by atoms with E-state index in [1.807, 2.05) is 0 Å². The molecule has 1 aromatic carbocycles. The summed E-state index contributed by atoms with van der Waals surface area (Å²) in [4.78, 5) is 5.01. The molecule has 2 rings (SSSR count). The monoisotopic (exact) mass is 240 g/mol. The minimum absolute atomic E-state index is 0.487. The van der Waals surface area contributed by atoms with E-state index in [4.69, 9.17) is 5.73 Å². The van der Waals surface area contributed by atoms with Crippen LogP contribution in [0.4, 0.5) is 8.78 Å². The molecule has 0 saturated heterocycles. The van der Waals surface area contributed by atoms with E-state index in [1.54, 1.807) is 11.6 Å². The molecule has 0 fully saturated rings. The SMILES string of the molecule is NCCc1ncsc1-c1ccc(F)c(F)c1. The second-order valence-electron chi connectivity index (χ2n) is 3.30. The number of rotatable bonds is 3. The van der Waals surface area contributed by atoms with Gasteiger partial charge in [-0.3, -0.25) is 0 Å². The highest BCUT2D eigenvalue weighted by Gasteiger charge is 2.10. The Morgan fingerprint density at radius 3 is 2.75 bits per heavy atom. The molecule has 1 aromatic heterocycles. The molecule has 84 valence electrons. The number of hydrogen-bond acceptors (Lipinski definition) is 3. The summed E-state index contributed by atoms with van der Waals surface area (Å²) in [5.74, 6) is -1.68. The summed E-state index contributed by atoms with van der Waals surface area (Å²) in [5, 5.41) is 0. The highest BCUT2D eigenvalue weighted by molar-refractivity contribution is 7.13. The summed E-state index contributed by atoms with van der Waals surface area (Å²) >= 11 is 1.40. The Morgan fingerprint density at radius 1 is 1.25 bits per heavy atom. The third kappa shape index (κ3) is 2.10. The molecule has 5 heteroatoms. The fourth-order valence-electron chi connectivity index (χ4n) is 1.46. The first kappa shape index (κ1) is 11.2. The van der Waals surface area contributed by atoms with Crippen molar-refractivity contribution >= 4 is 11.3 Å². The molecule has 0 saturated carbocycles. The summed E-state index contributed by atoms with van der Waals surface area (Å²) in [5.41, 5.74) is 8.61. The predicted octanol–water partition coefficient (Wildman–Crippen LogP) is 2.59. The highest BCUT2D eigenvalue weighted by atomic mass is 32.1. The van der Waals surface area contributed by atoms with E-state index in [-0.39, 0.29) is 0 Å². The largest absolute Gasteiger partial charge is 0.330 e. The van der Waals surface area contributed by atoms with Gasteiger partial charge in [0.1, 0.15) is 0 Å². The number of aromatic nitrogens is 1. The second kappa shape index (κ2) is 4.67. The molecule has 0 bridgehead atoms. The van der Waals surface area contributed by atoms with Crippen LogP contribution in [0, 0.1) is 11.6 Å². The van der Waals surface area contributed by atoms with Gasteiger partial charge in [-0.15, -0.1) is 11.3 Å². The van der Waals surface area contributed by atoms with Crippen LogP contribution in [0.5, 0.6) is 0 Å². The third-order valence-corrected chi connectivity index (χ3v) is 3.12. The van der Waals surface area contributed by atoms with Crippen LogP contribution < -0.4 is 5.73 Å².